The highest BCUT2D eigenvalue weighted by Crippen LogP contribution is 2.22. The Balaban J connectivity index is 1.71. The van der Waals surface area contributed by atoms with Crippen molar-refractivity contribution in [1.29, 1.82) is 0 Å². The number of nitrogens with one attached hydrogen (secondary N) is 1. The van der Waals surface area contributed by atoms with Crippen LogP contribution in [-0.2, 0) is 6.54 Å². The Kier molecular flexibility index (Phi) is 5.07. The molecule has 16 heavy (non-hydrogen) atoms. The normalized spacial score (nSPS) is 20.2. The predicted octanol–water partition coefficient (Wildman–Crippen LogP) is 3.25. The molecular weight excluding hydrogens is 234 g/mol. The van der Waals surface area contributed by atoms with Crippen LogP contribution in [0.4, 0.5) is 0 Å². The van der Waals surface area contributed by atoms with E-state index in [1.807, 2.05) is 0 Å². The summed E-state index contributed by atoms with van der Waals surface area (Å²) >= 11 is 3.89. The van der Waals surface area contributed by atoms with Gasteiger partial charge >= 0.3 is 0 Å². The van der Waals surface area contributed by atoms with Crippen LogP contribution in [0.3, 0.4) is 0 Å². The Morgan fingerprint density at radius 2 is 2.19 bits per heavy atom. The Morgan fingerprint density at radius 3 is 2.81 bits per heavy atom. The minimum atomic E-state index is 0.899. The quantitative estimate of drug-likeness (QED) is 0.809. The molecule has 1 heterocycles. The second-order valence-corrected chi connectivity index (χ2v) is 6.24. The number of hydrogen-bond donors (Lipinski definition) is 1. The van der Waals surface area contributed by atoms with E-state index in [1.54, 1.807) is 11.8 Å². The van der Waals surface area contributed by atoms with Crippen LogP contribution >= 0.6 is 23.5 Å². The number of thioether (sulfide) groups is 2. The van der Waals surface area contributed by atoms with Gasteiger partial charge < -0.3 is 5.32 Å². The molecule has 0 radical (unpaired) electrons. The maximum absolute atomic E-state index is 3.56. The zero-order valence-electron chi connectivity index (χ0n) is 9.74. The van der Waals surface area contributed by atoms with Crippen molar-refractivity contribution >= 4 is 23.5 Å². The van der Waals surface area contributed by atoms with Crippen LogP contribution in [0.1, 0.15) is 12.0 Å². The molecule has 1 N–H and O–H groups in total. The first-order valence-electron chi connectivity index (χ1n) is 5.80. The van der Waals surface area contributed by atoms with Gasteiger partial charge in [0.1, 0.15) is 0 Å². The molecule has 1 atom stereocenters. The molecule has 0 saturated carbocycles. The molecule has 0 aliphatic carbocycles. The van der Waals surface area contributed by atoms with Crippen molar-refractivity contribution in [3.05, 3.63) is 29.8 Å². The van der Waals surface area contributed by atoms with Crippen LogP contribution in [0.2, 0.25) is 0 Å². The van der Waals surface area contributed by atoms with Gasteiger partial charge in [-0.1, -0.05) is 12.1 Å². The van der Waals surface area contributed by atoms with Gasteiger partial charge in [-0.15, -0.1) is 11.8 Å². The zero-order valence-corrected chi connectivity index (χ0v) is 11.4. The molecule has 88 valence electrons. The van der Waals surface area contributed by atoms with Crippen LogP contribution in [-0.4, -0.2) is 24.3 Å². The summed E-state index contributed by atoms with van der Waals surface area (Å²) in [4.78, 5) is 1.34. The third-order valence-electron chi connectivity index (χ3n) is 2.95. The lowest BCUT2D eigenvalue weighted by atomic mass is 10.1. The third-order valence-corrected chi connectivity index (χ3v) is 4.92. The maximum Gasteiger partial charge on any atom is 0.0205 e. The molecule has 1 aliphatic heterocycles. The summed E-state index contributed by atoms with van der Waals surface area (Å²) in [5.74, 6) is 3.60. The second kappa shape index (κ2) is 6.58. The van der Waals surface area contributed by atoms with E-state index < -0.39 is 0 Å². The molecule has 1 aromatic carbocycles. The smallest absolute Gasteiger partial charge is 0.0205 e. The van der Waals surface area contributed by atoms with E-state index in [-0.39, 0.29) is 0 Å². The molecule has 1 saturated heterocycles. The molecule has 1 unspecified atom stereocenters. The van der Waals surface area contributed by atoms with E-state index in [4.69, 9.17) is 0 Å². The summed E-state index contributed by atoms with van der Waals surface area (Å²) in [6.45, 7) is 2.19. The van der Waals surface area contributed by atoms with E-state index in [0.29, 0.717) is 0 Å². The number of benzene rings is 1. The lowest BCUT2D eigenvalue weighted by molar-refractivity contribution is 0.523. The van der Waals surface area contributed by atoms with Crippen molar-refractivity contribution in [2.45, 2.75) is 17.9 Å². The minimum Gasteiger partial charge on any atom is -0.312 e. The lowest BCUT2D eigenvalue weighted by Gasteiger charge is -2.10. The fourth-order valence-electron chi connectivity index (χ4n) is 1.91. The van der Waals surface area contributed by atoms with Gasteiger partial charge in [-0.25, -0.2) is 0 Å². The molecule has 0 spiro atoms. The molecule has 0 bridgehead atoms. The molecule has 1 nitrogen and oxygen atoms in total. The van der Waals surface area contributed by atoms with E-state index >= 15 is 0 Å². The first-order chi connectivity index (χ1) is 7.88. The van der Waals surface area contributed by atoms with E-state index in [0.717, 1.165) is 12.5 Å². The van der Waals surface area contributed by atoms with Gasteiger partial charge in [0.25, 0.3) is 0 Å². The second-order valence-electron chi connectivity index (χ2n) is 4.21. The Labute approximate surface area is 107 Å². The summed E-state index contributed by atoms with van der Waals surface area (Å²) in [6, 6.07) is 8.85. The van der Waals surface area contributed by atoms with Crippen molar-refractivity contribution in [2.75, 3.05) is 24.3 Å². The van der Waals surface area contributed by atoms with Crippen molar-refractivity contribution in [3.63, 3.8) is 0 Å². The molecule has 1 fully saturated rings. The number of hydrogen-bond acceptors (Lipinski definition) is 3. The van der Waals surface area contributed by atoms with Crippen LogP contribution in [0.15, 0.2) is 29.2 Å². The standard InChI is InChI=1S/C13H19NS2/c1-15-13-4-2-11(3-5-13)8-14-9-12-6-7-16-10-12/h2-5,12,14H,6-10H2,1H3. The Bertz CT molecular complexity index is 304. The van der Waals surface area contributed by atoms with Gasteiger partial charge in [0, 0.05) is 11.4 Å². The molecular formula is C13H19NS2. The van der Waals surface area contributed by atoms with Crippen molar-refractivity contribution < 1.29 is 0 Å². The zero-order chi connectivity index (χ0) is 11.2. The maximum atomic E-state index is 3.56. The number of rotatable bonds is 5. The Hall–Kier alpha value is -0.120. The average Bonchev–Trinajstić information content (AvgIpc) is 2.83. The summed E-state index contributed by atoms with van der Waals surface area (Å²) in [5, 5.41) is 3.56. The molecule has 2 rings (SSSR count). The monoisotopic (exact) mass is 253 g/mol. The molecule has 0 amide bonds. The van der Waals surface area contributed by atoms with E-state index in [2.05, 4.69) is 47.6 Å². The van der Waals surface area contributed by atoms with Crippen molar-refractivity contribution in [3.8, 4) is 0 Å². The summed E-state index contributed by atoms with van der Waals surface area (Å²) in [6.07, 6.45) is 3.51. The van der Waals surface area contributed by atoms with Crippen LogP contribution in [0, 0.1) is 5.92 Å². The molecule has 3 heteroatoms. The highest BCUT2D eigenvalue weighted by molar-refractivity contribution is 7.99. The van der Waals surface area contributed by atoms with Gasteiger partial charge in [0.05, 0.1) is 0 Å². The topological polar surface area (TPSA) is 12.0 Å². The highest BCUT2D eigenvalue weighted by atomic mass is 32.2. The Morgan fingerprint density at radius 1 is 1.38 bits per heavy atom. The van der Waals surface area contributed by atoms with Crippen molar-refractivity contribution in [1.82, 2.24) is 5.32 Å². The van der Waals surface area contributed by atoms with Crippen molar-refractivity contribution in [2.24, 2.45) is 5.92 Å². The largest absolute Gasteiger partial charge is 0.312 e. The van der Waals surface area contributed by atoms with Crippen LogP contribution in [0.5, 0.6) is 0 Å². The average molecular weight is 253 g/mol. The first-order valence-corrected chi connectivity index (χ1v) is 8.18. The van der Waals surface area contributed by atoms with Gasteiger partial charge in [0.2, 0.25) is 0 Å². The molecule has 1 aromatic rings. The fraction of sp³-hybridized carbons (Fsp3) is 0.538. The predicted molar refractivity (Wildman–Crippen MR) is 75.4 cm³/mol. The summed E-state index contributed by atoms with van der Waals surface area (Å²) < 4.78 is 0. The summed E-state index contributed by atoms with van der Waals surface area (Å²) in [7, 11) is 0. The first kappa shape index (κ1) is 12.3. The lowest BCUT2D eigenvalue weighted by Crippen LogP contribution is -2.22. The van der Waals surface area contributed by atoms with Gasteiger partial charge in [-0.05, 0) is 54.3 Å². The van der Waals surface area contributed by atoms with E-state index in [1.165, 1.54) is 34.9 Å². The highest BCUT2D eigenvalue weighted by Gasteiger charge is 2.14. The van der Waals surface area contributed by atoms with Gasteiger partial charge in [-0.2, -0.15) is 11.8 Å². The van der Waals surface area contributed by atoms with E-state index in [9.17, 15) is 0 Å². The van der Waals surface area contributed by atoms with Crippen LogP contribution < -0.4 is 5.32 Å². The SMILES string of the molecule is CSc1ccc(CNCC2CCSC2)cc1. The fourth-order valence-corrected chi connectivity index (χ4v) is 3.60. The molecule has 1 aliphatic rings. The van der Waals surface area contributed by atoms with Gasteiger partial charge in [-0.3, -0.25) is 0 Å². The third kappa shape index (κ3) is 3.72. The van der Waals surface area contributed by atoms with Gasteiger partial charge in [0.15, 0.2) is 0 Å². The summed E-state index contributed by atoms with van der Waals surface area (Å²) in [5.41, 5.74) is 1.39. The van der Waals surface area contributed by atoms with Crippen LogP contribution in [0.25, 0.3) is 0 Å². The minimum absolute atomic E-state index is 0.899. The molecule has 0 aromatic heterocycles.